The van der Waals surface area contributed by atoms with Crippen molar-refractivity contribution >= 4 is 0 Å². The summed E-state index contributed by atoms with van der Waals surface area (Å²) >= 11 is 0. The van der Waals surface area contributed by atoms with E-state index in [0.717, 1.165) is 31.7 Å². The second-order valence-corrected chi connectivity index (χ2v) is 4.71. The highest BCUT2D eigenvalue weighted by atomic mass is 16.3. The number of benzene rings is 1. The van der Waals surface area contributed by atoms with Gasteiger partial charge in [0, 0.05) is 32.7 Å². The number of phenolic OH excluding ortho intramolecular Hbond substituents is 1. The van der Waals surface area contributed by atoms with Gasteiger partial charge in [0.05, 0.1) is 6.10 Å². The highest BCUT2D eigenvalue weighted by Crippen LogP contribution is 2.18. The molecular formula is C15H26N2O2. The smallest absolute Gasteiger partial charge is 0.115 e. The molecule has 1 unspecified atom stereocenters. The molecule has 0 aliphatic carbocycles. The van der Waals surface area contributed by atoms with Crippen LogP contribution in [0.4, 0.5) is 0 Å². The molecule has 1 aromatic carbocycles. The van der Waals surface area contributed by atoms with Crippen molar-refractivity contribution < 1.29 is 10.2 Å². The number of piperazine rings is 1. The predicted molar refractivity (Wildman–Crippen MR) is 78.4 cm³/mol. The third-order valence-electron chi connectivity index (χ3n) is 3.30. The van der Waals surface area contributed by atoms with Gasteiger partial charge in [0.2, 0.25) is 0 Å². The van der Waals surface area contributed by atoms with Gasteiger partial charge in [0.15, 0.2) is 0 Å². The Hall–Kier alpha value is -1.10. The maximum absolute atomic E-state index is 10.1. The number of rotatable bonds is 3. The summed E-state index contributed by atoms with van der Waals surface area (Å²) < 4.78 is 0. The summed E-state index contributed by atoms with van der Waals surface area (Å²) in [4.78, 5) is 4.57. The molecule has 0 bridgehead atoms. The maximum Gasteiger partial charge on any atom is 0.115 e. The van der Waals surface area contributed by atoms with Crippen LogP contribution in [0, 0.1) is 0 Å². The monoisotopic (exact) mass is 266 g/mol. The Morgan fingerprint density at radius 2 is 1.58 bits per heavy atom. The molecule has 0 saturated carbocycles. The summed E-state index contributed by atoms with van der Waals surface area (Å²) in [5.41, 5.74) is 0.863. The lowest BCUT2D eigenvalue weighted by atomic mass is 10.1. The van der Waals surface area contributed by atoms with E-state index in [-0.39, 0.29) is 5.75 Å². The van der Waals surface area contributed by atoms with Gasteiger partial charge < -0.3 is 15.1 Å². The van der Waals surface area contributed by atoms with E-state index in [4.69, 9.17) is 0 Å². The van der Waals surface area contributed by atoms with Crippen LogP contribution in [0.3, 0.4) is 0 Å². The minimum atomic E-state index is -0.473. The molecule has 1 saturated heterocycles. The second kappa shape index (κ2) is 8.15. The molecule has 2 rings (SSSR count). The largest absolute Gasteiger partial charge is 0.508 e. The number of hydrogen-bond acceptors (Lipinski definition) is 4. The minimum Gasteiger partial charge on any atom is -0.508 e. The van der Waals surface area contributed by atoms with Crippen LogP contribution in [-0.2, 0) is 0 Å². The number of phenols is 1. The number of hydrogen-bond donors (Lipinski definition) is 2. The summed E-state index contributed by atoms with van der Waals surface area (Å²) in [5.74, 6) is 0.237. The average molecular weight is 266 g/mol. The van der Waals surface area contributed by atoms with Crippen LogP contribution < -0.4 is 0 Å². The van der Waals surface area contributed by atoms with E-state index in [1.165, 1.54) is 0 Å². The zero-order valence-corrected chi connectivity index (χ0v) is 12.2. The van der Waals surface area contributed by atoms with E-state index in [1.54, 1.807) is 24.3 Å². The summed E-state index contributed by atoms with van der Waals surface area (Å²) in [6.07, 6.45) is -0.473. The molecule has 1 fully saturated rings. The molecule has 4 nitrogen and oxygen atoms in total. The molecule has 0 aromatic heterocycles. The molecule has 1 aliphatic heterocycles. The van der Waals surface area contributed by atoms with Crippen LogP contribution in [0.2, 0.25) is 0 Å². The summed E-state index contributed by atoms with van der Waals surface area (Å²) in [7, 11) is 2.12. The topological polar surface area (TPSA) is 46.9 Å². The first kappa shape index (κ1) is 16.0. The minimum absolute atomic E-state index is 0.237. The normalized spacial score (nSPS) is 18.5. The van der Waals surface area contributed by atoms with Gasteiger partial charge in [0.1, 0.15) is 5.75 Å². The molecule has 1 heterocycles. The van der Waals surface area contributed by atoms with E-state index in [9.17, 15) is 10.2 Å². The molecule has 1 aliphatic rings. The fraction of sp³-hybridized carbons (Fsp3) is 0.600. The third-order valence-corrected chi connectivity index (χ3v) is 3.30. The van der Waals surface area contributed by atoms with Crippen molar-refractivity contribution in [3.8, 4) is 5.75 Å². The first-order chi connectivity index (χ1) is 9.15. The number of aliphatic hydroxyl groups is 1. The molecular weight excluding hydrogens is 240 g/mol. The Bertz CT molecular complexity index is 346. The van der Waals surface area contributed by atoms with Crippen LogP contribution in [0.15, 0.2) is 24.3 Å². The quantitative estimate of drug-likeness (QED) is 0.874. The molecule has 108 valence electrons. The summed E-state index contributed by atoms with van der Waals surface area (Å²) in [6, 6.07) is 6.78. The molecule has 0 radical (unpaired) electrons. The van der Waals surface area contributed by atoms with Gasteiger partial charge >= 0.3 is 0 Å². The lowest BCUT2D eigenvalue weighted by Crippen LogP contribution is -2.45. The first-order valence-electron chi connectivity index (χ1n) is 7.03. The Morgan fingerprint density at radius 1 is 1.05 bits per heavy atom. The van der Waals surface area contributed by atoms with Gasteiger partial charge in [-0.2, -0.15) is 0 Å². The number of β-amino-alcohol motifs (C(OH)–C–C–N with tert-alkyl or cyclic N) is 1. The lowest BCUT2D eigenvalue weighted by molar-refractivity contribution is 0.0805. The Balaban J connectivity index is 0.000000861. The average Bonchev–Trinajstić information content (AvgIpc) is 2.44. The zero-order valence-electron chi connectivity index (χ0n) is 12.2. The van der Waals surface area contributed by atoms with Gasteiger partial charge in [-0.1, -0.05) is 26.0 Å². The summed E-state index contributed by atoms with van der Waals surface area (Å²) in [6.45, 7) is 8.79. The Morgan fingerprint density at radius 3 is 2.11 bits per heavy atom. The Kier molecular flexibility index (Phi) is 6.84. The highest BCUT2D eigenvalue weighted by Gasteiger charge is 2.17. The number of aromatic hydroxyl groups is 1. The van der Waals surface area contributed by atoms with Gasteiger partial charge in [-0.05, 0) is 24.7 Å². The molecule has 4 heteroatoms. The molecule has 0 spiro atoms. The van der Waals surface area contributed by atoms with Crippen molar-refractivity contribution in [2.24, 2.45) is 0 Å². The Labute approximate surface area is 116 Å². The van der Waals surface area contributed by atoms with Crippen LogP contribution >= 0.6 is 0 Å². The molecule has 2 N–H and O–H groups in total. The first-order valence-corrected chi connectivity index (χ1v) is 7.03. The van der Waals surface area contributed by atoms with Crippen molar-refractivity contribution in [3.63, 3.8) is 0 Å². The number of aliphatic hydroxyl groups excluding tert-OH is 1. The van der Waals surface area contributed by atoms with Crippen molar-refractivity contribution in [2.45, 2.75) is 20.0 Å². The van der Waals surface area contributed by atoms with Crippen molar-refractivity contribution in [2.75, 3.05) is 39.8 Å². The highest BCUT2D eigenvalue weighted by molar-refractivity contribution is 5.27. The molecule has 1 atom stereocenters. The van der Waals surface area contributed by atoms with Gasteiger partial charge in [-0.25, -0.2) is 0 Å². The number of likely N-dealkylation sites (N-methyl/N-ethyl adjacent to an activating group) is 1. The fourth-order valence-corrected chi connectivity index (χ4v) is 2.08. The van der Waals surface area contributed by atoms with E-state index in [1.807, 2.05) is 13.8 Å². The van der Waals surface area contributed by atoms with Crippen LogP contribution in [0.1, 0.15) is 25.5 Å². The molecule has 19 heavy (non-hydrogen) atoms. The zero-order chi connectivity index (χ0) is 14.3. The van der Waals surface area contributed by atoms with Gasteiger partial charge in [-0.3, -0.25) is 4.90 Å². The van der Waals surface area contributed by atoms with E-state index < -0.39 is 6.10 Å². The van der Waals surface area contributed by atoms with Crippen LogP contribution in [0.25, 0.3) is 0 Å². The van der Waals surface area contributed by atoms with E-state index >= 15 is 0 Å². The second-order valence-electron chi connectivity index (χ2n) is 4.71. The standard InChI is InChI=1S/C13H20N2O2.C2H6/c1-14-6-8-15(9-7-14)10-13(17)11-2-4-12(16)5-3-11;1-2/h2-5,13,16-17H,6-10H2,1H3;1-2H3. The van der Waals surface area contributed by atoms with Gasteiger partial charge in [0.25, 0.3) is 0 Å². The van der Waals surface area contributed by atoms with E-state index in [2.05, 4.69) is 16.8 Å². The molecule has 0 amide bonds. The van der Waals surface area contributed by atoms with Gasteiger partial charge in [-0.15, -0.1) is 0 Å². The van der Waals surface area contributed by atoms with Crippen molar-refractivity contribution in [1.29, 1.82) is 0 Å². The lowest BCUT2D eigenvalue weighted by Gasteiger charge is -2.33. The van der Waals surface area contributed by atoms with E-state index in [0.29, 0.717) is 6.54 Å². The number of nitrogens with zero attached hydrogens (tertiary/aromatic N) is 2. The third kappa shape index (κ3) is 5.19. The SMILES string of the molecule is CC.CN1CCN(CC(O)c2ccc(O)cc2)CC1. The van der Waals surface area contributed by atoms with Crippen LogP contribution in [0.5, 0.6) is 5.75 Å². The fourth-order valence-electron chi connectivity index (χ4n) is 2.08. The molecule has 1 aromatic rings. The maximum atomic E-state index is 10.1. The van der Waals surface area contributed by atoms with Crippen LogP contribution in [-0.4, -0.2) is 59.8 Å². The predicted octanol–water partition coefficient (Wildman–Crippen LogP) is 1.70. The van der Waals surface area contributed by atoms with Crippen molar-refractivity contribution in [3.05, 3.63) is 29.8 Å². The van der Waals surface area contributed by atoms with Crippen molar-refractivity contribution in [1.82, 2.24) is 9.80 Å². The summed E-state index contributed by atoms with van der Waals surface area (Å²) in [5, 5.41) is 19.3.